The van der Waals surface area contributed by atoms with Gasteiger partial charge in [0.25, 0.3) is 0 Å². The van der Waals surface area contributed by atoms with Gasteiger partial charge in [0.1, 0.15) is 6.04 Å². The van der Waals surface area contributed by atoms with Gasteiger partial charge in [-0.25, -0.2) is 0 Å². The van der Waals surface area contributed by atoms with Gasteiger partial charge in [0.2, 0.25) is 0 Å². The van der Waals surface area contributed by atoms with Crippen molar-refractivity contribution in [3.05, 3.63) is 0 Å². The highest BCUT2D eigenvalue weighted by Gasteiger charge is 2.13. The van der Waals surface area contributed by atoms with Crippen LogP contribution >= 0.6 is 0 Å². The molecule has 0 unspecified atom stereocenters. The molecule has 0 rings (SSSR count). The summed E-state index contributed by atoms with van der Waals surface area (Å²) < 4.78 is 5.08. The SMILES string of the molecule is CCCCCCOC(=O)[C@@H](N)CCCC. The molecule has 0 aliphatic heterocycles. The van der Waals surface area contributed by atoms with Gasteiger partial charge in [-0.15, -0.1) is 0 Å². The summed E-state index contributed by atoms with van der Waals surface area (Å²) in [5.41, 5.74) is 5.67. The number of carbonyl (C=O) groups excluding carboxylic acids is 1. The molecule has 1 atom stereocenters. The van der Waals surface area contributed by atoms with Crippen LogP contribution < -0.4 is 5.73 Å². The van der Waals surface area contributed by atoms with E-state index in [-0.39, 0.29) is 5.97 Å². The molecule has 3 nitrogen and oxygen atoms in total. The van der Waals surface area contributed by atoms with Crippen molar-refractivity contribution in [1.29, 1.82) is 0 Å². The van der Waals surface area contributed by atoms with Crippen molar-refractivity contribution in [3.8, 4) is 0 Å². The number of rotatable bonds is 9. The maximum Gasteiger partial charge on any atom is 0.322 e. The van der Waals surface area contributed by atoms with Crippen molar-refractivity contribution in [1.82, 2.24) is 0 Å². The van der Waals surface area contributed by atoms with Crippen LogP contribution in [0.3, 0.4) is 0 Å². The van der Waals surface area contributed by atoms with E-state index < -0.39 is 6.04 Å². The molecule has 2 N–H and O–H groups in total. The average Bonchev–Trinajstić information content (AvgIpc) is 2.25. The van der Waals surface area contributed by atoms with Crippen molar-refractivity contribution < 1.29 is 9.53 Å². The highest BCUT2D eigenvalue weighted by Crippen LogP contribution is 2.02. The van der Waals surface area contributed by atoms with Crippen LogP contribution in [-0.2, 0) is 9.53 Å². The van der Waals surface area contributed by atoms with Crippen LogP contribution in [0.15, 0.2) is 0 Å². The molecule has 0 saturated carbocycles. The first-order chi connectivity index (χ1) is 7.22. The summed E-state index contributed by atoms with van der Waals surface area (Å²) in [4.78, 5) is 11.3. The van der Waals surface area contributed by atoms with Crippen molar-refractivity contribution in [2.24, 2.45) is 5.73 Å². The summed E-state index contributed by atoms with van der Waals surface area (Å²) >= 11 is 0. The molecule has 0 saturated heterocycles. The Balaban J connectivity index is 3.38. The molecule has 0 heterocycles. The first-order valence-electron chi connectivity index (χ1n) is 6.14. The van der Waals surface area contributed by atoms with Gasteiger partial charge < -0.3 is 10.5 Å². The number of unbranched alkanes of at least 4 members (excludes halogenated alkanes) is 4. The molecule has 3 heteroatoms. The lowest BCUT2D eigenvalue weighted by atomic mass is 10.1. The first-order valence-corrected chi connectivity index (χ1v) is 6.14. The quantitative estimate of drug-likeness (QED) is 0.475. The number of carbonyl (C=O) groups is 1. The van der Waals surface area contributed by atoms with E-state index in [2.05, 4.69) is 13.8 Å². The molecule has 0 aromatic rings. The Morgan fingerprint density at radius 3 is 2.40 bits per heavy atom. The predicted molar refractivity (Wildman–Crippen MR) is 62.6 cm³/mol. The van der Waals surface area contributed by atoms with Crippen LogP contribution in [0.25, 0.3) is 0 Å². The number of ether oxygens (including phenoxy) is 1. The smallest absolute Gasteiger partial charge is 0.322 e. The van der Waals surface area contributed by atoms with Gasteiger partial charge in [0.05, 0.1) is 6.61 Å². The normalized spacial score (nSPS) is 12.5. The summed E-state index contributed by atoms with van der Waals surface area (Å²) in [5.74, 6) is -0.236. The van der Waals surface area contributed by atoms with E-state index in [1.54, 1.807) is 0 Å². The van der Waals surface area contributed by atoms with E-state index in [1.807, 2.05) is 0 Å². The zero-order chi connectivity index (χ0) is 11.5. The average molecular weight is 215 g/mol. The molecule has 0 radical (unpaired) electrons. The monoisotopic (exact) mass is 215 g/mol. The fourth-order valence-corrected chi connectivity index (χ4v) is 1.35. The van der Waals surface area contributed by atoms with Crippen LogP contribution in [-0.4, -0.2) is 18.6 Å². The number of nitrogens with two attached hydrogens (primary N) is 1. The van der Waals surface area contributed by atoms with Gasteiger partial charge >= 0.3 is 5.97 Å². The fourth-order valence-electron chi connectivity index (χ4n) is 1.35. The Bertz CT molecular complexity index is 160. The van der Waals surface area contributed by atoms with E-state index >= 15 is 0 Å². The van der Waals surface area contributed by atoms with E-state index in [0.717, 1.165) is 32.1 Å². The Kier molecular flexibility index (Phi) is 9.59. The minimum Gasteiger partial charge on any atom is -0.465 e. The Morgan fingerprint density at radius 1 is 1.13 bits per heavy atom. The lowest BCUT2D eigenvalue weighted by molar-refractivity contribution is -0.145. The maximum atomic E-state index is 11.3. The standard InChI is InChI=1S/C12H25NO2/c1-3-5-7-8-10-15-12(14)11(13)9-6-4-2/h11H,3-10,13H2,1-2H3/t11-/m0/s1. The van der Waals surface area contributed by atoms with E-state index in [9.17, 15) is 4.79 Å². The molecule has 0 aliphatic carbocycles. The van der Waals surface area contributed by atoms with Gasteiger partial charge in [0, 0.05) is 0 Å². The second kappa shape index (κ2) is 9.97. The molecule has 0 bridgehead atoms. The first kappa shape index (κ1) is 14.4. The van der Waals surface area contributed by atoms with Crippen LogP contribution in [0.4, 0.5) is 0 Å². The molecule has 0 fully saturated rings. The van der Waals surface area contributed by atoms with Gasteiger partial charge in [-0.3, -0.25) is 4.79 Å². The van der Waals surface area contributed by atoms with E-state index in [0.29, 0.717) is 6.61 Å². The molecule has 0 spiro atoms. The Hall–Kier alpha value is -0.570. The largest absolute Gasteiger partial charge is 0.465 e. The zero-order valence-corrected chi connectivity index (χ0v) is 10.1. The lowest BCUT2D eigenvalue weighted by Crippen LogP contribution is -2.32. The second-order valence-corrected chi connectivity index (χ2v) is 3.98. The summed E-state index contributed by atoms with van der Waals surface area (Å²) in [5, 5.41) is 0. The fraction of sp³-hybridized carbons (Fsp3) is 0.917. The molecule has 15 heavy (non-hydrogen) atoms. The predicted octanol–water partition coefficient (Wildman–Crippen LogP) is 2.63. The van der Waals surface area contributed by atoms with Crippen molar-refractivity contribution in [3.63, 3.8) is 0 Å². The maximum absolute atomic E-state index is 11.3. The third-order valence-corrected chi connectivity index (χ3v) is 2.41. The second-order valence-electron chi connectivity index (χ2n) is 3.98. The topological polar surface area (TPSA) is 52.3 Å². The minimum atomic E-state index is -0.420. The molecule has 0 aliphatic rings. The summed E-state index contributed by atoms with van der Waals surface area (Å²) in [7, 11) is 0. The van der Waals surface area contributed by atoms with Crippen LogP contribution in [0, 0.1) is 0 Å². The number of hydrogen-bond donors (Lipinski definition) is 1. The van der Waals surface area contributed by atoms with Crippen molar-refractivity contribution in [2.75, 3.05) is 6.61 Å². The third kappa shape index (κ3) is 8.43. The third-order valence-electron chi connectivity index (χ3n) is 2.41. The summed E-state index contributed by atoms with van der Waals surface area (Å²) in [6, 6.07) is -0.420. The Morgan fingerprint density at radius 2 is 1.80 bits per heavy atom. The van der Waals surface area contributed by atoms with Crippen LogP contribution in [0.1, 0.15) is 58.8 Å². The van der Waals surface area contributed by atoms with Crippen LogP contribution in [0.2, 0.25) is 0 Å². The lowest BCUT2D eigenvalue weighted by Gasteiger charge is -2.10. The molecule has 0 aromatic heterocycles. The number of esters is 1. The van der Waals surface area contributed by atoms with E-state index in [4.69, 9.17) is 10.5 Å². The molecule has 90 valence electrons. The van der Waals surface area contributed by atoms with Crippen molar-refractivity contribution in [2.45, 2.75) is 64.8 Å². The van der Waals surface area contributed by atoms with E-state index in [1.165, 1.54) is 12.8 Å². The minimum absolute atomic E-state index is 0.236. The van der Waals surface area contributed by atoms with Gasteiger partial charge in [-0.1, -0.05) is 46.0 Å². The molecule has 0 amide bonds. The van der Waals surface area contributed by atoms with Crippen LogP contribution in [0.5, 0.6) is 0 Å². The molecular formula is C12H25NO2. The van der Waals surface area contributed by atoms with Gasteiger partial charge in [-0.2, -0.15) is 0 Å². The highest BCUT2D eigenvalue weighted by atomic mass is 16.5. The number of hydrogen-bond acceptors (Lipinski definition) is 3. The van der Waals surface area contributed by atoms with Crippen molar-refractivity contribution >= 4 is 5.97 Å². The summed E-state index contributed by atoms with van der Waals surface area (Å²) in [6.07, 6.45) is 7.30. The summed E-state index contributed by atoms with van der Waals surface area (Å²) in [6.45, 7) is 4.77. The molecule has 0 aromatic carbocycles. The zero-order valence-electron chi connectivity index (χ0n) is 10.1. The molecular weight excluding hydrogens is 190 g/mol. The highest BCUT2D eigenvalue weighted by molar-refractivity contribution is 5.75. The Labute approximate surface area is 93.4 Å². The van der Waals surface area contributed by atoms with Gasteiger partial charge in [-0.05, 0) is 12.8 Å². The van der Waals surface area contributed by atoms with Gasteiger partial charge in [0.15, 0.2) is 0 Å².